The average Bonchev–Trinajstić information content (AvgIpc) is 3.56. The maximum Gasteiger partial charge on any atom is 0.259 e. The zero-order valence-corrected chi connectivity index (χ0v) is 17.5. The van der Waals surface area contributed by atoms with E-state index < -0.39 is 11.8 Å². The van der Waals surface area contributed by atoms with Crippen LogP contribution in [0.4, 0.5) is 0 Å². The summed E-state index contributed by atoms with van der Waals surface area (Å²) < 4.78 is 13.9. The molecule has 0 spiro atoms. The molecule has 7 nitrogen and oxygen atoms in total. The number of nitrogens with one attached hydrogen (secondary N) is 2. The van der Waals surface area contributed by atoms with E-state index in [0.29, 0.717) is 33.6 Å². The smallest absolute Gasteiger partial charge is 0.259 e. The van der Waals surface area contributed by atoms with Crippen molar-refractivity contribution >= 4 is 44.8 Å². The van der Waals surface area contributed by atoms with Crippen LogP contribution in [0.2, 0.25) is 0 Å². The van der Waals surface area contributed by atoms with Crippen molar-refractivity contribution in [3.8, 4) is 5.75 Å². The Morgan fingerprint density at radius 2 is 1.88 bits per heavy atom. The van der Waals surface area contributed by atoms with Gasteiger partial charge in [-0.2, -0.15) is 0 Å². The molecule has 0 bridgehead atoms. The molecular weight excluding hydrogens is 406 g/mol. The van der Waals surface area contributed by atoms with Crippen LogP contribution in [0.1, 0.15) is 17.5 Å². The van der Waals surface area contributed by atoms with Crippen LogP contribution in [0.5, 0.6) is 5.75 Å². The number of aromatic nitrogens is 1. The number of carbonyl (C=O) groups excluding carboxylic acids is 2. The highest BCUT2D eigenvalue weighted by molar-refractivity contribution is 6.50. The molecule has 2 N–H and O–H groups in total. The van der Waals surface area contributed by atoms with Crippen molar-refractivity contribution in [1.82, 2.24) is 15.2 Å². The first-order valence-electron chi connectivity index (χ1n) is 10.6. The molecule has 4 aromatic rings. The van der Waals surface area contributed by atoms with Gasteiger partial charge in [0.2, 0.25) is 0 Å². The number of aryl methyl sites for hydroxylation is 1. The van der Waals surface area contributed by atoms with Crippen LogP contribution >= 0.6 is 0 Å². The Labute approximate surface area is 183 Å². The minimum Gasteiger partial charge on any atom is -0.489 e. The van der Waals surface area contributed by atoms with Crippen molar-refractivity contribution in [1.29, 1.82) is 0 Å². The van der Waals surface area contributed by atoms with E-state index in [1.165, 1.54) is 0 Å². The fourth-order valence-electron chi connectivity index (χ4n) is 4.74. The average molecular weight is 427 g/mol. The normalized spacial score (nSPS) is 18.8. The van der Waals surface area contributed by atoms with E-state index in [0.717, 1.165) is 35.8 Å². The number of nitrogens with zero attached hydrogens (tertiary/aromatic N) is 1. The minimum absolute atomic E-state index is 0.0674. The zero-order valence-electron chi connectivity index (χ0n) is 17.5. The van der Waals surface area contributed by atoms with Crippen LogP contribution < -0.4 is 15.4 Å². The third-order valence-corrected chi connectivity index (χ3v) is 6.21. The summed E-state index contributed by atoms with van der Waals surface area (Å²) in [6, 6.07) is 13.4. The first-order valence-corrected chi connectivity index (χ1v) is 10.6. The van der Waals surface area contributed by atoms with Gasteiger partial charge in [-0.15, -0.1) is 0 Å². The molecule has 160 valence electrons. The highest BCUT2D eigenvalue weighted by Gasteiger charge is 2.35. The van der Waals surface area contributed by atoms with E-state index >= 15 is 0 Å². The molecule has 2 aromatic carbocycles. The number of hydrogen-bond acceptors (Lipinski definition) is 5. The van der Waals surface area contributed by atoms with Gasteiger partial charge >= 0.3 is 0 Å². The van der Waals surface area contributed by atoms with Gasteiger partial charge in [0, 0.05) is 47.2 Å². The van der Waals surface area contributed by atoms with Crippen LogP contribution in [0.3, 0.4) is 0 Å². The van der Waals surface area contributed by atoms with Gasteiger partial charge < -0.3 is 19.0 Å². The second-order valence-corrected chi connectivity index (χ2v) is 8.25. The van der Waals surface area contributed by atoms with Crippen LogP contribution in [0.15, 0.2) is 59.3 Å². The quantitative estimate of drug-likeness (QED) is 0.489. The number of imide groups is 1. The molecular formula is C25H21N3O4. The summed E-state index contributed by atoms with van der Waals surface area (Å²) in [5.74, 6) is -0.192. The maximum atomic E-state index is 13.0. The number of benzene rings is 2. The predicted octanol–water partition coefficient (Wildman–Crippen LogP) is 3.23. The molecule has 0 radical (unpaired) electrons. The summed E-state index contributed by atoms with van der Waals surface area (Å²) in [5, 5.41) is 7.50. The largest absolute Gasteiger partial charge is 0.489 e. The van der Waals surface area contributed by atoms with Gasteiger partial charge in [-0.3, -0.25) is 14.9 Å². The monoisotopic (exact) mass is 427 g/mol. The van der Waals surface area contributed by atoms with Gasteiger partial charge in [0.05, 0.1) is 17.4 Å². The van der Waals surface area contributed by atoms with Crippen LogP contribution in [-0.4, -0.2) is 35.6 Å². The lowest BCUT2D eigenvalue weighted by Gasteiger charge is -2.14. The van der Waals surface area contributed by atoms with Crippen LogP contribution in [0, 0.1) is 0 Å². The van der Waals surface area contributed by atoms with E-state index in [4.69, 9.17) is 9.15 Å². The Kier molecular flexibility index (Phi) is 4.19. The standard InChI is InChI=1S/C25H21N3O4/c1-28-13-19(17-4-2-3-5-20(17)28)22-21(24(29)27-25(22)30)18-11-16(32-15-6-8-26-12-15)10-14-7-9-31-23(14)18/h2-5,7,9-11,13,15,26H,6,8,12H2,1H3,(H,27,29,30). The lowest BCUT2D eigenvalue weighted by atomic mass is 9.94. The fraction of sp³-hybridized carbons (Fsp3) is 0.200. The summed E-state index contributed by atoms with van der Waals surface area (Å²) in [4.78, 5) is 26.0. The van der Waals surface area contributed by atoms with E-state index in [9.17, 15) is 9.59 Å². The second kappa shape index (κ2) is 7.10. The van der Waals surface area contributed by atoms with Gasteiger partial charge in [0.1, 0.15) is 17.4 Å². The minimum atomic E-state index is -0.435. The van der Waals surface area contributed by atoms with Crippen molar-refractivity contribution in [2.24, 2.45) is 7.05 Å². The number of fused-ring (bicyclic) bond motifs is 2. The number of para-hydroxylation sites is 1. The molecule has 0 saturated carbocycles. The number of furan rings is 1. The van der Waals surface area contributed by atoms with E-state index in [1.807, 2.05) is 60.3 Å². The molecule has 6 rings (SSSR count). The Hall–Kier alpha value is -3.84. The van der Waals surface area contributed by atoms with Gasteiger partial charge in [-0.05, 0) is 37.2 Å². The Bertz CT molecular complexity index is 1440. The van der Waals surface area contributed by atoms with E-state index in [1.54, 1.807) is 6.26 Å². The lowest BCUT2D eigenvalue weighted by molar-refractivity contribution is -0.122. The molecule has 2 aliphatic rings. The lowest BCUT2D eigenvalue weighted by Crippen LogP contribution is -2.22. The topological polar surface area (TPSA) is 85.5 Å². The molecule has 2 amide bonds. The first-order chi connectivity index (χ1) is 15.6. The third-order valence-electron chi connectivity index (χ3n) is 6.21. The predicted molar refractivity (Wildman–Crippen MR) is 121 cm³/mol. The first kappa shape index (κ1) is 18.9. The summed E-state index contributed by atoms with van der Waals surface area (Å²) in [6.45, 7) is 1.69. The highest BCUT2D eigenvalue weighted by Crippen LogP contribution is 2.40. The molecule has 32 heavy (non-hydrogen) atoms. The van der Waals surface area contributed by atoms with Gasteiger partial charge in [-0.1, -0.05) is 18.2 Å². The van der Waals surface area contributed by atoms with Crippen molar-refractivity contribution in [2.75, 3.05) is 13.1 Å². The number of amides is 2. The zero-order chi connectivity index (χ0) is 21.8. The van der Waals surface area contributed by atoms with Crippen molar-refractivity contribution in [2.45, 2.75) is 12.5 Å². The van der Waals surface area contributed by atoms with Crippen molar-refractivity contribution in [3.05, 3.63) is 66.1 Å². The molecule has 7 heteroatoms. The Morgan fingerprint density at radius 3 is 2.69 bits per heavy atom. The summed E-state index contributed by atoms with van der Waals surface area (Å²) in [7, 11) is 1.93. The number of carbonyl (C=O) groups is 2. The van der Waals surface area contributed by atoms with Gasteiger partial charge in [0.15, 0.2) is 0 Å². The maximum absolute atomic E-state index is 13.0. The summed E-state index contributed by atoms with van der Waals surface area (Å²) in [6.07, 6.45) is 4.46. The van der Waals surface area contributed by atoms with Gasteiger partial charge in [-0.25, -0.2) is 0 Å². The molecule has 2 aromatic heterocycles. The number of rotatable bonds is 4. The van der Waals surface area contributed by atoms with Gasteiger partial charge in [0.25, 0.3) is 11.8 Å². The SMILES string of the molecule is Cn1cc(C2=C(c3cc(OC4CCNC4)cc4ccoc34)C(=O)NC2=O)c2ccccc21. The molecule has 2 aliphatic heterocycles. The third kappa shape index (κ3) is 2.85. The number of ether oxygens (including phenoxy) is 1. The molecule has 1 atom stereocenters. The highest BCUT2D eigenvalue weighted by atomic mass is 16.5. The Balaban J connectivity index is 1.59. The van der Waals surface area contributed by atoms with Crippen molar-refractivity contribution in [3.63, 3.8) is 0 Å². The second-order valence-electron chi connectivity index (χ2n) is 8.25. The molecule has 1 fully saturated rings. The Morgan fingerprint density at radius 1 is 1.06 bits per heavy atom. The molecule has 1 unspecified atom stereocenters. The summed E-state index contributed by atoms with van der Waals surface area (Å²) in [5.41, 5.74) is 3.47. The summed E-state index contributed by atoms with van der Waals surface area (Å²) >= 11 is 0. The van der Waals surface area contributed by atoms with Crippen LogP contribution in [0.25, 0.3) is 33.0 Å². The fourth-order valence-corrected chi connectivity index (χ4v) is 4.74. The van der Waals surface area contributed by atoms with Crippen LogP contribution in [-0.2, 0) is 16.6 Å². The number of hydrogen-bond donors (Lipinski definition) is 2. The van der Waals surface area contributed by atoms with Crippen molar-refractivity contribution < 1.29 is 18.7 Å². The van der Waals surface area contributed by atoms with E-state index in [2.05, 4.69) is 10.6 Å². The van der Waals surface area contributed by atoms with E-state index in [-0.39, 0.29) is 6.10 Å². The molecule has 0 aliphatic carbocycles. The molecule has 1 saturated heterocycles. The molecule has 4 heterocycles.